The summed E-state index contributed by atoms with van der Waals surface area (Å²) >= 11 is 1.73. The number of hydrogen-bond donors (Lipinski definition) is 2. The van der Waals surface area contributed by atoms with Crippen molar-refractivity contribution in [2.45, 2.75) is 32.2 Å². The second kappa shape index (κ2) is 4.18. The predicted molar refractivity (Wildman–Crippen MR) is 66.8 cm³/mol. The van der Waals surface area contributed by atoms with E-state index in [0.29, 0.717) is 0 Å². The van der Waals surface area contributed by atoms with E-state index in [4.69, 9.17) is 0 Å². The summed E-state index contributed by atoms with van der Waals surface area (Å²) in [5.41, 5.74) is 0.161. The molecule has 2 heterocycles. The number of carbonyl (C=O) groups is 1. The first-order valence-electron chi connectivity index (χ1n) is 5.60. The molecule has 1 saturated heterocycles. The summed E-state index contributed by atoms with van der Waals surface area (Å²) < 4.78 is 0. The molecule has 0 radical (unpaired) electrons. The second-order valence-electron chi connectivity index (χ2n) is 5.13. The Kier molecular flexibility index (Phi) is 3.04. The van der Waals surface area contributed by atoms with Gasteiger partial charge in [0, 0.05) is 22.8 Å². The fourth-order valence-corrected chi connectivity index (χ4v) is 2.88. The zero-order chi connectivity index (χ0) is 11.8. The minimum Gasteiger partial charge on any atom is -0.353 e. The Balaban J connectivity index is 2.21. The molecular weight excluding hydrogens is 220 g/mol. The molecule has 0 aromatic carbocycles. The van der Waals surface area contributed by atoms with Crippen molar-refractivity contribution >= 4 is 17.2 Å². The van der Waals surface area contributed by atoms with E-state index >= 15 is 0 Å². The maximum atomic E-state index is 11.7. The monoisotopic (exact) mass is 238 g/mol. The van der Waals surface area contributed by atoms with Gasteiger partial charge in [-0.25, -0.2) is 0 Å². The van der Waals surface area contributed by atoms with E-state index in [-0.39, 0.29) is 17.4 Å². The molecule has 3 nitrogen and oxygen atoms in total. The molecule has 0 bridgehead atoms. The van der Waals surface area contributed by atoms with E-state index in [0.717, 1.165) is 18.0 Å². The number of nitrogens with one attached hydrogen (secondary N) is 2. The highest BCUT2D eigenvalue weighted by Gasteiger charge is 2.26. The van der Waals surface area contributed by atoms with Crippen molar-refractivity contribution in [1.29, 1.82) is 0 Å². The van der Waals surface area contributed by atoms with Gasteiger partial charge in [0.25, 0.3) is 0 Å². The zero-order valence-electron chi connectivity index (χ0n) is 9.96. The Morgan fingerprint density at radius 3 is 2.62 bits per heavy atom. The number of amides is 1. The molecule has 1 aliphatic rings. The number of piperazine rings is 1. The van der Waals surface area contributed by atoms with E-state index in [9.17, 15) is 4.79 Å². The van der Waals surface area contributed by atoms with Crippen LogP contribution in [0.4, 0.5) is 0 Å². The Bertz CT molecular complexity index is 392. The van der Waals surface area contributed by atoms with Crippen LogP contribution < -0.4 is 10.6 Å². The third-order valence-electron chi connectivity index (χ3n) is 2.69. The van der Waals surface area contributed by atoms with Gasteiger partial charge in [0.15, 0.2) is 0 Å². The Morgan fingerprint density at radius 1 is 1.31 bits per heavy atom. The van der Waals surface area contributed by atoms with Crippen molar-refractivity contribution in [1.82, 2.24) is 10.6 Å². The normalized spacial score (nSPS) is 21.9. The smallest absolute Gasteiger partial charge is 0.242 e. The van der Waals surface area contributed by atoms with Crippen molar-refractivity contribution < 1.29 is 4.79 Å². The highest BCUT2D eigenvalue weighted by molar-refractivity contribution is 7.12. The third kappa shape index (κ3) is 2.28. The minimum atomic E-state index is -0.158. The molecular formula is C12H18N2OS. The molecule has 2 N–H and O–H groups in total. The average molecular weight is 238 g/mol. The first kappa shape index (κ1) is 11.6. The van der Waals surface area contributed by atoms with Gasteiger partial charge in [0.2, 0.25) is 5.91 Å². The van der Waals surface area contributed by atoms with Crippen LogP contribution in [0.2, 0.25) is 0 Å². The largest absolute Gasteiger partial charge is 0.353 e. The summed E-state index contributed by atoms with van der Waals surface area (Å²) in [6.07, 6.45) is 0. The highest BCUT2D eigenvalue weighted by atomic mass is 32.1. The molecule has 0 saturated carbocycles. The van der Waals surface area contributed by atoms with Crippen molar-refractivity contribution in [2.24, 2.45) is 0 Å². The fourth-order valence-electron chi connectivity index (χ4n) is 1.74. The molecule has 1 unspecified atom stereocenters. The van der Waals surface area contributed by atoms with Gasteiger partial charge in [-0.05, 0) is 17.5 Å². The van der Waals surface area contributed by atoms with Gasteiger partial charge in [-0.3, -0.25) is 10.1 Å². The zero-order valence-corrected chi connectivity index (χ0v) is 10.8. The molecule has 2 rings (SSSR count). The molecule has 1 fully saturated rings. The molecule has 16 heavy (non-hydrogen) atoms. The van der Waals surface area contributed by atoms with E-state index in [1.807, 2.05) is 0 Å². The number of carbonyl (C=O) groups excluding carboxylic acids is 1. The van der Waals surface area contributed by atoms with E-state index in [1.54, 1.807) is 11.3 Å². The summed E-state index contributed by atoms with van der Waals surface area (Å²) in [5, 5.41) is 6.13. The van der Waals surface area contributed by atoms with Crippen LogP contribution in [0, 0.1) is 0 Å². The molecule has 1 aromatic heterocycles. The Hall–Kier alpha value is -0.870. The van der Waals surface area contributed by atoms with Crippen LogP contribution in [0.25, 0.3) is 0 Å². The highest BCUT2D eigenvalue weighted by Crippen LogP contribution is 2.32. The molecule has 1 aromatic rings. The van der Waals surface area contributed by atoms with Crippen molar-refractivity contribution in [3.8, 4) is 0 Å². The lowest BCUT2D eigenvalue weighted by Gasteiger charge is -2.22. The average Bonchev–Trinajstić information content (AvgIpc) is 2.66. The van der Waals surface area contributed by atoms with Gasteiger partial charge in [-0.15, -0.1) is 11.3 Å². The van der Waals surface area contributed by atoms with Gasteiger partial charge in [-0.1, -0.05) is 20.8 Å². The molecule has 1 amide bonds. The van der Waals surface area contributed by atoms with Crippen LogP contribution in [0.5, 0.6) is 0 Å². The number of hydrogen-bond acceptors (Lipinski definition) is 3. The van der Waals surface area contributed by atoms with Crippen LogP contribution in [0.3, 0.4) is 0 Å². The second-order valence-corrected chi connectivity index (χ2v) is 6.25. The first-order chi connectivity index (χ1) is 7.48. The van der Waals surface area contributed by atoms with Crippen molar-refractivity contribution in [2.75, 3.05) is 13.1 Å². The lowest BCUT2D eigenvalue weighted by molar-refractivity contribution is -0.124. The SMILES string of the molecule is CC(C)(C)c1ccc(C2NCCNC2=O)s1. The van der Waals surface area contributed by atoms with Crippen molar-refractivity contribution in [3.63, 3.8) is 0 Å². The van der Waals surface area contributed by atoms with Crippen molar-refractivity contribution in [3.05, 3.63) is 21.9 Å². The van der Waals surface area contributed by atoms with Crippen LogP contribution in [-0.4, -0.2) is 19.0 Å². The summed E-state index contributed by atoms with van der Waals surface area (Å²) in [7, 11) is 0. The van der Waals surface area contributed by atoms with E-state index in [2.05, 4.69) is 43.5 Å². The van der Waals surface area contributed by atoms with E-state index in [1.165, 1.54) is 4.88 Å². The number of thiophene rings is 1. The quantitative estimate of drug-likeness (QED) is 0.783. The molecule has 88 valence electrons. The maximum absolute atomic E-state index is 11.7. The van der Waals surface area contributed by atoms with E-state index < -0.39 is 0 Å². The summed E-state index contributed by atoms with van der Waals surface area (Å²) in [6.45, 7) is 8.15. The number of rotatable bonds is 1. The fraction of sp³-hybridized carbons (Fsp3) is 0.583. The lowest BCUT2D eigenvalue weighted by atomic mass is 9.95. The molecule has 0 spiro atoms. The van der Waals surface area contributed by atoms with Gasteiger partial charge in [0.1, 0.15) is 6.04 Å². The van der Waals surface area contributed by atoms with Crippen LogP contribution in [-0.2, 0) is 10.2 Å². The van der Waals surface area contributed by atoms with Crippen LogP contribution in [0.15, 0.2) is 12.1 Å². The summed E-state index contributed by atoms with van der Waals surface area (Å²) in [4.78, 5) is 14.1. The third-order valence-corrected chi connectivity index (χ3v) is 4.26. The van der Waals surface area contributed by atoms with Gasteiger partial charge in [0.05, 0.1) is 0 Å². The van der Waals surface area contributed by atoms with Crippen LogP contribution in [0.1, 0.15) is 36.6 Å². The van der Waals surface area contributed by atoms with Gasteiger partial charge < -0.3 is 5.32 Å². The van der Waals surface area contributed by atoms with Gasteiger partial charge >= 0.3 is 0 Å². The maximum Gasteiger partial charge on any atom is 0.242 e. The summed E-state index contributed by atoms with van der Waals surface area (Å²) in [5.74, 6) is 0.0913. The topological polar surface area (TPSA) is 41.1 Å². The molecule has 1 atom stereocenters. The first-order valence-corrected chi connectivity index (χ1v) is 6.41. The van der Waals surface area contributed by atoms with Gasteiger partial charge in [-0.2, -0.15) is 0 Å². The molecule has 1 aliphatic heterocycles. The minimum absolute atomic E-state index is 0.0913. The molecule has 4 heteroatoms. The molecule has 0 aliphatic carbocycles. The Morgan fingerprint density at radius 2 is 2.06 bits per heavy atom. The summed E-state index contributed by atoms with van der Waals surface area (Å²) in [6, 6.07) is 4.03. The van der Waals surface area contributed by atoms with Crippen LogP contribution >= 0.6 is 11.3 Å². The predicted octanol–water partition coefficient (Wildman–Crippen LogP) is 1.81. The lowest BCUT2D eigenvalue weighted by Crippen LogP contribution is -2.46. The Labute approximate surface area is 100 Å². The standard InChI is InChI=1S/C12H18N2OS/c1-12(2,3)9-5-4-8(16-9)10-11(15)14-7-6-13-10/h4-5,10,13H,6-7H2,1-3H3,(H,14,15).